The zero-order chi connectivity index (χ0) is 32.1. The Morgan fingerprint density at radius 3 is 1.74 bits per heavy atom. The van der Waals surface area contributed by atoms with Crippen LogP contribution < -0.4 is 9.50 Å². The van der Waals surface area contributed by atoms with Crippen LogP contribution in [-0.4, -0.2) is 36.2 Å². The molecule has 0 saturated carbocycles. The Bertz CT molecular complexity index is 1600. The molecule has 0 radical (unpaired) electrons. The van der Waals surface area contributed by atoms with Gasteiger partial charge in [0.25, 0.3) is 0 Å². The maximum atomic E-state index is 14.2. The summed E-state index contributed by atoms with van der Waals surface area (Å²) < 4.78 is 32.8. The van der Waals surface area contributed by atoms with Crippen LogP contribution in [0.3, 0.4) is 0 Å². The fraction of sp³-hybridized carbons (Fsp3) is 0.250. The third-order valence-corrected chi connectivity index (χ3v) is 9.57. The van der Waals surface area contributed by atoms with Gasteiger partial charge in [-0.25, -0.2) is 0 Å². The highest BCUT2D eigenvalue weighted by molar-refractivity contribution is 7.88. The number of hydrogen-bond donors (Lipinski definition) is 4. The van der Waals surface area contributed by atoms with Crippen molar-refractivity contribution in [1.29, 1.82) is 0 Å². The summed E-state index contributed by atoms with van der Waals surface area (Å²) in [6, 6.07) is 29.6. The van der Waals surface area contributed by atoms with Gasteiger partial charge in [0.2, 0.25) is 5.91 Å². The zero-order valence-corrected chi connectivity index (χ0v) is 27.9. The van der Waals surface area contributed by atoms with Crippen molar-refractivity contribution in [2.75, 3.05) is 6.54 Å². The molecule has 0 spiro atoms. The first kappa shape index (κ1) is 36.1. The standard InChI is InChI=1S/C36H39NO7S.H3P/c38-32-26-28(27-33(39)35(32)41)22-23-34(40)37-25-15-4-2-1-3-14-24-36(29-16-8-5-9-17-29,30-18-10-6-11-19-30)45(42,43)44-31-20-12-7-13-21-31;/h5-13,16-23,26-27,38-39,41H,1-4,14-15,24-25H2,(H,37,40);1H3/b23-22+;. The van der Waals surface area contributed by atoms with E-state index in [0.717, 1.165) is 32.1 Å². The van der Waals surface area contributed by atoms with E-state index in [0.29, 0.717) is 36.1 Å². The quantitative estimate of drug-likeness (QED) is 0.0331. The normalized spacial score (nSPS) is 11.6. The summed E-state index contributed by atoms with van der Waals surface area (Å²) in [4.78, 5) is 12.1. The summed E-state index contributed by atoms with van der Waals surface area (Å²) in [5, 5.41) is 31.4. The molecule has 0 aliphatic carbocycles. The molecule has 1 atom stereocenters. The molecule has 4 aromatic rings. The molecule has 1 amide bonds. The van der Waals surface area contributed by atoms with Gasteiger partial charge in [-0.15, -0.1) is 0 Å². The van der Waals surface area contributed by atoms with Crippen molar-refractivity contribution in [1.82, 2.24) is 5.32 Å². The molecule has 4 N–H and O–H groups in total. The van der Waals surface area contributed by atoms with E-state index in [-0.39, 0.29) is 21.6 Å². The number of phenols is 3. The number of nitrogens with one attached hydrogen (secondary N) is 1. The van der Waals surface area contributed by atoms with Gasteiger partial charge < -0.3 is 24.8 Å². The highest BCUT2D eigenvalue weighted by Gasteiger charge is 2.48. The minimum absolute atomic E-state index is 0. The Labute approximate surface area is 274 Å². The van der Waals surface area contributed by atoms with E-state index in [9.17, 15) is 28.5 Å². The highest BCUT2D eigenvalue weighted by Crippen LogP contribution is 2.43. The maximum Gasteiger partial charge on any atom is 0.323 e. The van der Waals surface area contributed by atoms with Crippen LogP contribution in [0.15, 0.2) is 109 Å². The number of para-hydroxylation sites is 1. The second-order valence-electron chi connectivity index (χ2n) is 10.8. The fourth-order valence-electron chi connectivity index (χ4n) is 5.33. The molecule has 1 unspecified atom stereocenters. The smallest absolute Gasteiger partial charge is 0.323 e. The molecule has 4 aromatic carbocycles. The minimum Gasteiger partial charge on any atom is -0.504 e. The van der Waals surface area contributed by atoms with Crippen molar-refractivity contribution in [3.8, 4) is 23.0 Å². The summed E-state index contributed by atoms with van der Waals surface area (Å²) in [6.45, 7) is 0.495. The van der Waals surface area contributed by atoms with Crippen molar-refractivity contribution >= 4 is 32.0 Å². The molecule has 8 nitrogen and oxygen atoms in total. The number of carbonyl (C=O) groups is 1. The SMILES string of the molecule is O=C(/C=C/c1cc(O)c(O)c(O)c1)NCCCCCCCCC(c1ccccc1)(c1ccccc1)S(=O)(=O)Oc1ccccc1.P. The molecule has 0 aliphatic heterocycles. The Hall–Kier alpha value is -4.33. The van der Waals surface area contributed by atoms with Crippen molar-refractivity contribution in [2.45, 2.75) is 49.7 Å². The van der Waals surface area contributed by atoms with Crippen LogP contribution in [0.5, 0.6) is 23.0 Å². The average Bonchev–Trinajstić information content (AvgIpc) is 3.04. The topological polar surface area (TPSA) is 133 Å². The summed E-state index contributed by atoms with van der Waals surface area (Å²) in [5.41, 5.74) is 1.70. The lowest BCUT2D eigenvalue weighted by Crippen LogP contribution is -2.40. The van der Waals surface area contributed by atoms with Crippen molar-refractivity contribution in [3.05, 3.63) is 126 Å². The minimum atomic E-state index is -4.17. The van der Waals surface area contributed by atoms with E-state index in [4.69, 9.17) is 4.18 Å². The number of aromatic hydroxyl groups is 3. The lowest BCUT2D eigenvalue weighted by molar-refractivity contribution is -0.116. The van der Waals surface area contributed by atoms with Crippen LogP contribution in [0.1, 0.15) is 61.6 Å². The molecule has 46 heavy (non-hydrogen) atoms. The van der Waals surface area contributed by atoms with E-state index < -0.39 is 32.1 Å². The molecular weight excluding hydrogens is 621 g/mol. The zero-order valence-electron chi connectivity index (χ0n) is 25.7. The summed E-state index contributed by atoms with van der Waals surface area (Å²) in [5.74, 6) is -1.58. The number of phenolic OH excluding ortho intramolecular Hbond substituents is 3. The van der Waals surface area contributed by atoms with Gasteiger partial charge in [0.1, 0.15) is 5.75 Å². The number of amides is 1. The predicted molar refractivity (Wildman–Crippen MR) is 187 cm³/mol. The number of benzene rings is 4. The van der Waals surface area contributed by atoms with E-state index in [1.807, 2.05) is 66.7 Å². The predicted octanol–water partition coefficient (Wildman–Crippen LogP) is 7.07. The molecule has 10 heteroatoms. The van der Waals surface area contributed by atoms with Gasteiger partial charge in [0, 0.05) is 12.6 Å². The first-order chi connectivity index (χ1) is 21.7. The lowest BCUT2D eigenvalue weighted by atomic mass is 9.85. The van der Waals surface area contributed by atoms with Crippen LogP contribution >= 0.6 is 9.90 Å². The van der Waals surface area contributed by atoms with Crippen molar-refractivity contribution in [2.24, 2.45) is 0 Å². The van der Waals surface area contributed by atoms with Gasteiger partial charge in [0.15, 0.2) is 22.0 Å². The number of unbranched alkanes of at least 4 members (excludes halogenated alkanes) is 5. The van der Waals surface area contributed by atoms with E-state index in [1.54, 1.807) is 24.3 Å². The lowest BCUT2D eigenvalue weighted by Gasteiger charge is -2.34. The van der Waals surface area contributed by atoms with E-state index in [2.05, 4.69) is 5.32 Å². The largest absolute Gasteiger partial charge is 0.504 e. The van der Waals surface area contributed by atoms with Crippen LogP contribution in [-0.2, 0) is 19.7 Å². The molecule has 4 rings (SSSR count). The molecular formula is C36H42NO7PS. The first-order valence-electron chi connectivity index (χ1n) is 15.0. The van der Waals surface area contributed by atoms with Gasteiger partial charge >= 0.3 is 10.1 Å². The maximum absolute atomic E-state index is 14.2. The van der Waals surface area contributed by atoms with Gasteiger partial charge in [-0.05, 0) is 59.9 Å². The van der Waals surface area contributed by atoms with Crippen LogP contribution in [0.2, 0.25) is 0 Å². The molecule has 244 valence electrons. The monoisotopic (exact) mass is 663 g/mol. The number of hydrogen-bond acceptors (Lipinski definition) is 7. The average molecular weight is 664 g/mol. The summed E-state index contributed by atoms with van der Waals surface area (Å²) in [7, 11) is -4.17. The third-order valence-electron chi connectivity index (χ3n) is 7.63. The molecule has 0 fully saturated rings. The second-order valence-corrected chi connectivity index (χ2v) is 12.6. The number of rotatable bonds is 16. The molecule has 0 aromatic heterocycles. The van der Waals surface area contributed by atoms with Gasteiger partial charge in [0.05, 0.1) is 0 Å². The van der Waals surface area contributed by atoms with Gasteiger partial charge in [-0.1, -0.05) is 111 Å². The third kappa shape index (κ3) is 9.35. The first-order valence-corrected chi connectivity index (χ1v) is 16.4. The Balaban J connectivity index is 0.00000576. The highest BCUT2D eigenvalue weighted by atomic mass is 32.2. The molecule has 0 heterocycles. The summed E-state index contributed by atoms with van der Waals surface area (Å²) in [6.07, 6.45) is 8.15. The van der Waals surface area contributed by atoms with E-state index >= 15 is 0 Å². The molecule has 0 saturated heterocycles. The van der Waals surface area contributed by atoms with E-state index in [1.165, 1.54) is 24.3 Å². The van der Waals surface area contributed by atoms with Crippen molar-refractivity contribution < 1.29 is 32.7 Å². The second kappa shape index (κ2) is 17.4. The molecule has 0 aliphatic rings. The Morgan fingerprint density at radius 2 is 1.20 bits per heavy atom. The van der Waals surface area contributed by atoms with Gasteiger partial charge in [-0.2, -0.15) is 18.3 Å². The van der Waals surface area contributed by atoms with Crippen LogP contribution in [0.25, 0.3) is 6.08 Å². The van der Waals surface area contributed by atoms with Crippen LogP contribution in [0, 0.1) is 0 Å². The Kier molecular flexibility index (Phi) is 13.7. The molecule has 0 bridgehead atoms. The number of carbonyl (C=O) groups excluding carboxylic acids is 1. The fourth-order valence-corrected chi connectivity index (χ4v) is 7.08. The van der Waals surface area contributed by atoms with Gasteiger partial charge in [-0.3, -0.25) is 4.79 Å². The van der Waals surface area contributed by atoms with Crippen LogP contribution in [0.4, 0.5) is 0 Å². The van der Waals surface area contributed by atoms with Crippen molar-refractivity contribution in [3.63, 3.8) is 0 Å². The Morgan fingerprint density at radius 1 is 0.717 bits per heavy atom. The summed E-state index contributed by atoms with van der Waals surface area (Å²) >= 11 is 0.